The number of aliphatic hydroxyl groups excluding tert-OH is 1. The van der Waals surface area contributed by atoms with Gasteiger partial charge in [0.15, 0.2) is 0 Å². The second-order valence-corrected chi connectivity index (χ2v) is 5.91. The average Bonchev–Trinajstić information content (AvgIpc) is 2.57. The Balaban J connectivity index is 1.92. The van der Waals surface area contributed by atoms with Crippen LogP contribution in [0.2, 0.25) is 0 Å². The Labute approximate surface area is 105 Å². The lowest BCUT2D eigenvalue weighted by molar-refractivity contribution is -0.0401. The summed E-state index contributed by atoms with van der Waals surface area (Å²) in [7, 11) is 0. The first-order valence-corrected chi connectivity index (χ1v) is 7.24. The smallest absolute Gasteiger partial charge is 0.0615 e. The molecule has 0 aromatic rings. The lowest BCUT2D eigenvalue weighted by atomic mass is 9.86. The van der Waals surface area contributed by atoms with Crippen LogP contribution in [-0.2, 0) is 4.74 Å². The molecule has 0 aromatic carbocycles. The molecule has 1 aliphatic heterocycles. The Hall–Kier alpha value is -0.120. The maximum Gasteiger partial charge on any atom is 0.0615 e. The normalized spacial score (nSPS) is 36.7. The zero-order chi connectivity index (χ0) is 12.1. The molecule has 2 rings (SSSR count). The summed E-state index contributed by atoms with van der Waals surface area (Å²) in [6, 6.07) is 0.606. The zero-order valence-electron chi connectivity index (χ0n) is 11.1. The second kappa shape index (κ2) is 6.17. The lowest BCUT2D eigenvalue weighted by Crippen LogP contribution is -2.57. The highest BCUT2D eigenvalue weighted by Crippen LogP contribution is 2.27. The first kappa shape index (κ1) is 13.3. The highest BCUT2D eigenvalue weighted by atomic mass is 16.5. The first-order valence-electron chi connectivity index (χ1n) is 7.24. The van der Waals surface area contributed by atoms with Crippen LogP contribution in [0.1, 0.15) is 58.3 Å². The van der Waals surface area contributed by atoms with Gasteiger partial charge in [0.1, 0.15) is 0 Å². The third-order valence-corrected chi connectivity index (χ3v) is 4.33. The van der Waals surface area contributed by atoms with E-state index < -0.39 is 0 Å². The summed E-state index contributed by atoms with van der Waals surface area (Å²) in [5.74, 6) is 0. The molecule has 2 fully saturated rings. The standard InChI is InChI=1S/C14H27NO2/c1-12-10-14(11-16,8-9-17-12)15-13-6-4-2-3-5-7-13/h12-13,15-16H,2-11H2,1H3. The van der Waals surface area contributed by atoms with E-state index in [2.05, 4.69) is 12.2 Å². The van der Waals surface area contributed by atoms with E-state index in [1.807, 2.05) is 0 Å². The van der Waals surface area contributed by atoms with Gasteiger partial charge in [0.25, 0.3) is 0 Å². The molecule has 17 heavy (non-hydrogen) atoms. The molecule has 0 radical (unpaired) electrons. The van der Waals surface area contributed by atoms with Gasteiger partial charge in [0, 0.05) is 18.2 Å². The fourth-order valence-electron chi connectivity index (χ4n) is 3.34. The van der Waals surface area contributed by atoms with Gasteiger partial charge < -0.3 is 15.2 Å². The van der Waals surface area contributed by atoms with E-state index in [9.17, 15) is 5.11 Å². The number of aliphatic hydroxyl groups is 1. The van der Waals surface area contributed by atoms with Gasteiger partial charge >= 0.3 is 0 Å². The van der Waals surface area contributed by atoms with Crippen LogP contribution in [-0.4, -0.2) is 36.0 Å². The van der Waals surface area contributed by atoms with Gasteiger partial charge in [-0.05, 0) is 32.6 Å². The molecule has 100 valence electrons. The van der Waals surface area contributed by atoms with Crippen LogP contribution in [0, 0.1) is 0 Å². The molecule has 1 saturated heterocycles. The van der Waals surface area contributed by atoms with Crippen molar-refractivity contribution in [3.8, 4) is 0 Å². The maximum absolute atomic E-state index is 9.74. The summed E-state index contributed by atoms with van der Waals surface area (Å²) in [6.07, 6.45) is 10.1. The van der Waals surface area contributed by atoms with E-state index in [-0.39, 0.29) is 18.2 Å². The van der Waals surface area contributed by atoms with Crippen LogP contribution >= 0.6 is 0 Å². The van der Waals surface area contributed by atoms with E-state index in [0.29, 0.717) is 6.04 Å². The maximum atomic E-state index is 9.74. The number of hydrogen-bond acceptors (Lipinski definition) is 3. The third kappa shape index (κ3) is 3.67. The second-order valence-electron chi connectivity index (χ2n) is 5.91. The summed E-state index contributed by atoms with van der Waals surface area (Å²) in [4.78, 5) is 0. The van der Waals surface area contributed by atoms with Crippen LogP contribution in [0.25, 0.3) is 0 Å². The van der Waals surface area contributed by atoms with Gasteiger partial charge in [0.05, 0.1) is 12.7 Å². The molecule has 2 atom stereocenters. The highest BCUT2D eigenvalue weighted by molar-refractivity contribution is 4.94. The predicted molar refractivity (Wildman–Crippen MR) is 69.1 cm³/mol. The van der Waals surface area contributed by atoms with Gasteiger partial charge in [-0.3, -0.25) is 0 Å². The van der Waals surface area contributed by atoms with Gasteiger partial charge in [-0.15, -0.1) is 0 Å². The molecule has 1 aliphatic carbocycles. The molecular weight excluding hydrogens is 214 g/mol. The fraction of sp³-hybridized carbons (Fsp3) is 1.00. The van der Waals surface area contributed by atoms with Gasteiger partial charge in [-0.25, -0.2) is 0 Å². The largest absolute Gasteiger partial charge is 0.394 e. The quantitative estimate of drug-likeness (QED) is 0.745. The van der Waals surface area contributed by atoms with Crippen molar-refractivity contribution in [1.82, 2.24) is 5.32 Å². The molecule has 2 unspecified atom stereocenters. The fourth-order valence-corrected chi connectivity index (χ4v) is 3.34. The minimum Gasteiger partial charge on any atom is -0.394 e. The van der Waals surface area contributed by atoms with Crippen molar-refractivity contribution < 1.29 is 9.84 Å². The molecule has 0 spiro atoms. The van der Waals surface area contributed by atoms with E-state index >= 15 is 0 Å². The van der Waals surface area contributed by atoms with E-state index in [4.69, 9.17) is 4.74 Å². The molecule has 2 aliphatic rings. The highest BCUT2D eigenvalue weighted by Gasteiger charge is 2.36. The van der Waals surface area contributed by atoms with Crippen molar-refractivity contribution in [3.05, 3.63) is 0 Å². The molecule has 1 heterocycles. The van der Waals surface area contributed by atoms with E-state index in [1.54, 1.807) is 0 Å². The Morgan fingerprint density at radius 2 is 1.94 bits per heavy atom. The Morgan fingerprint density at radius 1 is 1.24 bits per heavy atom. The van der Waals surface area contributed by atoms with Gasteiger partial charge in [-0.1, -0.05) is 25.7 Å². The molecule has 3 nitrogen and oxygen atoms in total. The monoisotopic (exact) mass is 241 g/mol. The number of nitrogens with one attached hydrogen (secondary N) is 1. The van der Waals surface area contributed by atoms with E-state index in [0.717, 1.165) is 19.4 Å². The summed E-state index contributed by atoms with van der Waals surface area (Å²) in [5.41, 5.74) is -0.0767. The zero-order valence-corrected chi connectivity index (χ0v) is 11.1. The SMILES string of the molecule is CC1CC(CO)(NC2CCCCCC2)CCO1. The first-order chi connectivity index (χ1) is 8.24. The third-order valence-electron chi connectivity index (χ3n) is 4.33. The summed E-state index contributed by atoms with van der Waals surface area (Å²) in [5, 5.41) is 13.5. The minimum atomic E-state index is -0.0767. The van der Waals surface area contributed by atoms with Crippen LogP contribution in [0.5, 0.6) is 0 Å². The number of rotatable bonds is 3. The van der Waals surface area contributed by atoms with Crippen LogP contribution in [0.4, 0.5) is 0 Å². The summed E-state index contributed by atoms with van der Waals surface area (Å²) < 4.78 is 5.60. The van der Waals surface area contributed by atoms with Crippen molar-refractivity contribution in [2.45, 2.75) is 76.0 Å². The molecule has 0 bridgehead atoms. The molecule has 3 heteroatoms. The van der Waals surface area contributed by atoms with Crippen LogP contribution in [0.15, 0.2) is 0 Å². The Bertz CT molecular complexity index is 226. The van der Waals surface area contributed by atoms with Crippen molar-refractivity contribution in [2.75, 3.05) is 13.2 Å². The van der Waals surface area contributed by atoms with Crippen LogP contribution < -0.4 is 5.32 Å². The topological polar surface area (TPSA) is 41.5 Å². The molecule has 0 aromatic heterocycles. The molecule has 1 saturated carbocycles. The van der Waals surface area contributed by atoms with Crippen molar-refractivity contribution >= 4 is 0 Å². The Kier molecular flexibility index (Phi) is 4.83. The van der Waals surface area contributed by atoms with Crippen LogP contribution in [0.3, 0.4) is 0 Å². The van der Waals surface area contributed by atoms with Crippen molar-refractivity contribution in [2.24, 2.45) is 0 Å². The van der Waals surface area contributed by atoms with Crippen molar-refractivity contribution in [3.63, 3.8) is 0 Å². The predicted octanol–water partition coefficient (Wildman–Crippen LogP) is 2.23. The molecular formula is C14H27NO2. The average molecular weight is 241 g/mol. The summed E-state index contributed by atoms with van der Waals surface area (Å²) >= 11 is 0. The number of ether oxygens (including phenoxy) is 1. The number of hydrogen-bond donors (Lipinski definition) is 2. The summed E-state index contributed by atoms with van der Waals surface area (Å²) in [6.45, 7) is 3.14. The van der Waals surface area contributed by atoms with E-state index in [1.165, 1.54) is 38.5 Å². The lowest BCUT2D eigenvalue weighted by Gasteiger charge is -2.42. The minimum absolute atomic E-state index is 0.0767. The molecule has 0 amide bonds. The van der Waals surface area contributed by atoms with Crippen molar-refractivity contribution in [1.29, 1.82) is 0 Å². The molecule has 2 N–H and O–H groups in total. The van der Waals surface area contributed by atoms with Gasteiger partial charge in [-0.2, -0.15) is 0 Å². The Morgan fingerprint density at radius 3 is 2.53 bits per heavy atom. The van der Waals surface area contributed by atoms with Gasteiger partial charge in [0.2, 0.25) is 0 Å².